The minimum absolute atomic E-state index is 0.0232. The second-order valence-electron chi connectivity index (χ2n) is 5.22. The van der Waals surface area contributed by atoms with Crippen LogP contribution in [-0.2, 0) is 0 Å². The van der Waals surface area contributed by atoms with Gasteiger partial charge in [-0.15, -0.1) is 0 Å². The van der Waals surface area contributed by atoms with Crippen molar-refractivity contribution in [1.82, 2.24) is 0 Å². The molecule has 1 nitrogen and oxygen atoms in total. The highest BCUT2D eigenvalue weighted by Gasteiger charge is 2.30. The minimum atomic E-state index is 0.0232. The Morgan fingerprint density at radius 3 is 2.15 bits per heavy atom. The first kappa shape index (κ1) is 9.51. The molecule has 13 heavy (non-hydrogen) atoms. The van der Waals surface area contributed by atoms with Gasteiger partial charge >= 0.3 is 0 Å². The second-order valence-corrected chi connectivity index (χ2v) is 5.22. The summed E-state index contributed by atoms with van der Waals surface area (Å²) in [5.74, 6) is 2.96. The molecule has 76 valence electrons. The Kier molecular flexibility index (Phi) is 2.92. The summed E-state index contributed by atoms with van der Waals surface area (Å²) in [7, 11) is 0. The molecule has 2 aliphatic rings. The molecule has 2 fully saturated rings. The van der Waals surface area contributed by atoms with E-state index in [0.29, 0.717) is 0 Å². The first-order chi connectivity index (χ1) is 6.25. The highest BCUT2D eigenvalue weighted by atomic mass is 16.3. The average molecular weight is 182 g/mol. The van der Waals surface area contributed by atoms with E-state index in [1.807, 2.05) is 0 Å². The average Bonchev–Trinajstić information content (AvgIpc) is 2.15. The number of aliphatic hydroxyl groups excluding tert-OH is 1. The zero-order valence-corrected chi connectivity index (χ0v) is 8.71. The van der Waals surface area contributed by atoms with E-state index in [9.17, 15) is 5.11 Å². The largest absolute Gasteiger partial charge is 0.393 e. The summed E-state index contributed by atoms with van der Waals surface area (Å²) >= 11 is 0. The third kappa shape index (κ3) is 2.25. The molecule has 0 aromatic rings. The fourth-order valence-electron chi connectivity index (χ4n) is 2.89. The highest BCUT2D eigenvalue weighted by Crippen LogP contribution is 2.41. The number of hydrogen-bond acceptors (Lipinski definition) is 1. The lowest BCUT2D eigenvalue weighted by atomic mass is 9.68. The maximum absolute atomic E-state index is 9.38. The molecule has 0 spiro atoms. The van der Waals surface area contributed by atoms with Crippen molar-refractivity contribution in [2.75, 3.05) is 0 Å². The molecule has 0 amide bonds. The molecular weight excluding hydrogens is 160 g/mol. The predicted octanol–water partition coefficient (Wildman–Crippen LogP) is 2.97. The van der Waals surface area contributed by atoms with E-state index < -0.39 is 0 Å². The molecule has 2 rings (SSSR count). The van der Waals surface area contributed by atoms with Crippen molar-refractivity contribution >= 4 is 0 Å². The van der Waals surface area contributed by atoms with Gasteiger partial charge in [-0.05, 0) is 56.3 Å². The van der Waals surface area contributed by atoms with Gasteiger partial charge in [-0.2, -0.15) is 0 Å². The Hall–Kier alpha value is -0.0400. The summed E-state index contributed by atoms with van der Waals surface area (Å²) in [6.07, 6.45) is 9.09. The first-order valence-corrected chi connectivity index (χ1v) is 5.93. The zero-order chi connectivity index (χ0) is 9.26. The predicted molar refractivity (Wildman–Crippen MR) is 54.5 cm³/mol. The van der Waals surface area contributed by atoms with Crippen LogP contribution in [0.25, 0.3) is 0 Å². The van der Waals surface area contributed by atoms with Gasteiger partial charge in [-0.25, -0.2) is 0 Å². The van der Waals surface area contributed by atoms with Crippen LogP contribution in [0.4, 0.5) is 0 Å². The topological polar surface area (TPSA) is 20.2 Å². The van der Waals surface area contributed by atoms with Crippen LogP contribution in [0.2, 0.25) is 0 Å². The van der Waals surface area contributed by atoms with Crippen LogP contribution in [-0.4, -0.2) is 11.2 Å². The van der Waals surface area contributed by atoms with Crippen LogP contribution >= 0.6 is 0 Å². The molecule has 0 aromatic heterocycles. The molecule has 2 saturated carbocycles. The van der Waals surface area contributed by atoms with E-state index in [0.717, 1.165) is 30.6 Å². The molecule has 1 N–H and O–H groups in total. The van der Waals surface area contributed by atoms with E-state index in [1.54, 1.807) is 0 Å². The summed E-state index contributed by atoms with van der Waals surface area (Å²) in [4.78, 5) is 0. The lowest BCUT2D eigenvalue weighted by molar-refractivity contribution is 0.0823. The Labute approximate surface area is 81.5 Å². The lowest BCUT2D eigenvalue weighted by Gasteiger charge is -2.38. The lowest BCUT2D eigenvalue weighted by Crippen LogP contribution is -2.27. The van der Waals surface area contributed by atoms with E-state index in [1.165, 1.54) is 32.1 Å². The molecule has 0 aromatic carbocycles. The molecular formula is C12H22O. The van der Waals surface area contributed by atoms with E-state index in [-0.39, 0.29) is 6.10 Å². The molecule has 0 saturated heterocycles. The highest BCUT2D eigenvalue weighted by molar-refractivity contribution is 4.81. The molecule has 2 aliphatic carbocycles. The van der Waals surface area contributed by atoms with Gasteiger partial charge in [0, 0.05) is 0 Å². The monoisotopic (exact) mass is 182 g/mol. The number of aliphatic hydroxyl groups is 1. The van der Waals surface area contributed by atoms with Crippen LogP contribution in [0.3, 0.4) is 0 Å². The van der Waals surface area contributed by atoms with Crippen molar-refractivity contribution in [3.63, 3.8) is 0 Å². The van der Waals surface area contributed by atoms with Gasteiger partial charge < -0.3 is 5.11 Å². The zero-order valence-electron chi connectivity index (χ0n) is 8.71. The van der Waals surface area contributed by atoms with Crippen molar-refractivity contribution in [3.05, 3.63) is 0 Å². The maximum atomic E-state index is 9.38. The minimum Gasteiger partial charge on any atom is -0.393 e. The number of rotatable bonds is 2. The quantitative estimate of drug-likeness (QED) is 0.696. The Morgan fingerprint density at radius 2 is 1.69 bits per heavy atom. The third-order valence-electron chi connectivity index (χ3n) is 4.25. The Morgan fingerprint density at radius 1 is 1.00 bits per heavy atom. The Bertz CT molecular complexity index is 159. The molecule has 0 radical (unpaired) electrons. The summed E-state index contributed by atoms with van der Waals surface area (Å²) in [5.41, 5.74) is 0. The SMILES string of the molecule is C[C@@H]1CCC1CC1CCC(O)CC1. The van der Waals surface area contributed by atoms with Crippen LogP contribution < -0.4 is 0 Å². The van der Waals surface area contributed by atoms with Crippen LogP contribution in [0.1, 0.15) is 51.9 Å². The van der Waals surface area contributed by atoms with Crippen LogP contribution in [0.15, 0.2) is 0 Å². The van der Waals surface area contributed by atoms with Crippen molar-refractivity contribution in [3.8, 4) is 0 Å². The standard InChI is InChI=1S/C12H22O/c1-9-2-5-11(9)8-10-3-6-12(13)7-4-10/h9-13H,2-8H2,1H3/t9-,10?,11?,12?/m1/s1. The molecule has 0 aliphatic heterocycles. The summed E-state index contributed by atoms with van der Waals surface area (Å²) in [5, 5.41) is 9.38. The summed E-state index contributed by atoms with van der Waals surface area (Å²) in [6.45, 7) is 2.39. The van der Waals surface area contributed by atoms with Crippen molar-refractivity contribution in [2.45, 2.75) is 58.0 Å². The first-order valence-electron chi connectivity index (χ1n) is 5.93. The third-order valence-corrected chi connectivity index (χ3v) is 4.25. The molecule has 0 heterocycles. The van der Waals surface area contributed by atoms with Crippen LogP contribution in [0, 0.1) is 17.8 Å². The smallest absolute Gasteiger partial charge is 0.0540 e. The molecule has 1 unspecified atom stereocenters. The second kappa shape index (κ2) is 4.00. The van der Waals surface area contributed by atoms with Gasteiger partial charge in [-0.3, -0.25) is 0 Å². The van der Waals surface area contributed by atoms with Gasteiger partial charge in [0.25, 0.3) is 0 Å². The Balaban J connectivity index is 1.70. The fourth-order valence-corrected chi connectivity index (χ4v) is 2.89. The van der Waals surface area contributed by atoms with Crippen molar-refractivity contribution in [1.29, 1.82) is 0 Å². The molecule has 2 atom stereocenters. The van der Waals surface area contributed by atoms with Gasteiger partial charge in [0.1, 0.15) is 0 Å². The van der Waals surface area contributed by atoms with Crippen molar-refractivity contribution in [2.24, 2.45) is 17.8 Å². The fraction of sp³-hybridized carbons (Fsp3) is 1.00. The van der Waals surface area contributed by atoms with Gasteiger partial charge in [0.05, 0.1) is 6.10 Å². The van der Waals surface area contributed by atoms with Gasteiger partial charge in [-0.1, -0.05) is 13.3 Å². The van der Waals surface area contributed by atoms with Crippen molar-refractivity contribution < 1.29 is 5.11 Å². The van der Waals surface area contributed by atoms with E-state index in [4.69, 9.17) is 0 Å². The van der Waals surface area contributed by atoms with Gasteiger partial charge in [0.2, 0.25) is 0 Å². The summed E-state index contributed by atoms with van der Waals surface area (Å²) < 4.78 is 0. The number of hydrogen-bond donors (Lipinski definition) is 1. The summed E-state index contributed by atoms with van der Waals surface area (Å²) in [6, 6.07) is 0. The van der Waals surface area contributed by atoms with Gasteiger partial charge in [0.15, 0.2) is 0 Å². The van der Waals surface area contributed by atoms with Crippen LogP contribution in [0.5, 0.6) is 0 Å². The maximum Gasteiger partial charge on any atom is 0.0540 e. The van der Waals surface area contributed by atoms with E-state index >= 15 is 0 Å². The molecule has 1 heteroatoms. The molecule has 0 bridgehead atoms. The normalized spacial score (nSPS) is 45.7. The van der Waals surface area contributed by atoms with E-state index in [2.05, 4.69) is 6.92 Å².